The number of nitrogens with zero attached hydrogens (tertiary/aromatic N) is 1. The van der Waals surface area contributed by atoms with Gasteiger partial charge in [-0.2, -0.15) is 0 Å². The molecule has 0 aliphatic heterocycles. The summed E-state index contributed by atoms with van der Waals surface area (Å²) in [6.45, 7) is 3.11. The number of aryl methyl sites for hydroxylation is 1. The van der Waals surface area contributed by atoms with Gasteiger partial charge in [-0.25, -0.2) is 0 Å². The smallest absolute Gasteiger partial charge is 0.289 e. The van der Waals surface area contributed by atoms with E-state index in [9.17, 15) is 4.79 Å². The fourth-order valence-electron chi connectivity index (χ4n) is 1.20. The molecule has 1 aromatic rings. The van der Waals surface area contributed by atoms with E-state index >= 15 is 0 Å². The van der Waals surface area contributed by atoms with Crippen molar-refractivity contribution in [3.05, 3.63) is 23.7 Å². The third-order valence-electron chi connectivity index (χ3n) is 2.10. The summed E-state index contributed by atoms with van der Waals surface area (Å²) in [5.41, 5.74) is 6.23. The number of furan rings is 1. The van der Waals surface area contributed by atoms with E-state index in [1.807, 2.05) is 6.92 Å². The lowest BCUT2D eigenvalue weighted by molar-refractivity contribution is 0.0762. The van der Waals surface area contributed by atoms with Crippen molar-refractivity contribution < 1.29 is 9.21 Å². The SMILES string of the molecule is Cc1ccoc1C(=O)N(C)CCCN. The Labute approximate surface area is 83.7 Å². The van der Waals surface area contributed by atoms with Crippen LogP contribution in [0, 0.1) is 6.92 Å². The molecular weight excluding hydrogens is 180 g/mol. The number of amides is 1. The van der Waals surface area contributed by atoms with E-state index in [4.69, 9.17) is 10.2 Å². The fourth-order valence-corrected chi connectivity index (χ4v) is 1.20. The van der Waals surface area contributed by atoms with Crippen LogP contribution in [-0.2, 0) is 0 Å². The second kappa shape index (κ2) is 4.81. The Bertz CT molecular complexity index is 307. The molecule has 1 aromatic heterocycles. The van der Waals surface area contributed by atoms with Gasteiger partial charge >= 0.3 is 0 Å². The van der Waals surface area contributed by atoms with Gasteiger partial charge in [0.1, 0.15) is 0 Å². The van der Waals surface area contributed by atoms with Crippen LogP contribution in [0.15, 0.2) is 16.7 Å². The molecule has 1 amide bonds. The van der Waals surface area contributed by atoms with E-state index in [1.54, 1.807) is 18.0 Å². The van der Waals surface area contributed by atoms with Crippen molar-refractivity contribution in [1.82, 2.24) is 4.90 Å². The molecule has 2 N–H and O–H groups in total. The molecule has 0 saturated heterocycles. The van der Waals surface area contributed by atoms with E-state index in [0.29, 0.717) is 18.8 Å². The zero-order valence-corrected chi connectivity index (χ0v) is 8.62. The van der Waals surface area contributed by atoms with Gasteiger partial charge in [0.2, 0.25) is 0 Å². The molecular formula is C10H16N2O2. The van der Waals surface area contributed by atoms with Crippen molar-refractivity contribution in [1.29, 1.82) is 0 Å². The normalized spacial score (nSPS) is 10.2. The Kier molecular flexibility index (Phi) is 3.71. The van der Waals surface area contributed by atoms with Crippen LogP contribution in [-0.4, -0.2) is 30.9 Å². The van der Waals surface area contributed by atoms with Crippen LogP contribution >= 0.6 is 0 Å². The third-order valence-corrected chi connectivity index (χ3v) is 2.10. The molecule has 0 saturated carbocycles. The summed E-state index contributed by atoms with van der Waals surface area (Å²) in [7, 11) is 1.75. The Morgan fingerprint density at radius 2 is 2.36 bits per heavy atom. The maximum atomic E-state index is 11.7. The maximum absolute atomic E-state index is 11.7. The molecule has 1 heterocycles. The lowest BCUT2D eigenvalue weighted by atomic mass is 10.2. The van der Waals surface area contributed by atoms with Crippen LogP contribution in [0.5, 0.6) is 0 Å². The van der Waals surface area contributed by atoms with E-state index in [1.165, 1.54) is 6.26 Å². The van der Waals surface area contributed by atoms with Crippen LogP contribution in [0.4, 0.5) is 0 Å². The van der Waals surface area contributed by atoms with Crippen LogP contribution in [0.3, 0.4) is 0 Å². The van der Waals surface area contributed by atoms with E-state index in [2.05, 4.69) is 0 Å². The quantitative estimate of drug-likeness (QED) is 0.781. The summed E-state index contributed by atoms with van der Waals surface area (Å²) < 4.78 is 5.10. The number of rotatable bonds is 4. The van der Waals surface area contributed by atoms with Crippen molar-refractivity contribution in [3.8, 4) is 0 Å². The molecule has 0 fully saturated rings. The van der Waals surface area contributed by atoms with Crippen LogP contribution < -0.4 is 5.73 Å². The highest BCUT2D eigenvalue weighted by atomic mass is 16.3. The van der Waals surface area contributed by atoms with Crippen molar-refractivity contribution in [2.24, 2.45) is 5.73 Å². The highest BCUT2D eigenvalue weighted by Crippen LogP contribution is 2.11. The molecule has 4 nitrogen and oxygen atoms in total. The predicted molar refractivity (Wildman–Crippen MR) is 54.1 cm³/mol. The molecule has 0 aromatic carbocycles. The summed E-state index contributed by atoms with van der Waals surface area (Å²) in [4.78, 5) is 13.3. The minimum Gasteiger partial charge on any atom is -0.459 e. The molecule has 0 atom stereocenters. The van der Waals surface area contributed by atoms with Crippen LogP contribution in [0.25, 0.3) is 0 Å². The molecule has 14 heavy (non-hydrogen) atoms. The molecule has 0 bridgehead atoms. The van der Waals surface area contributed by atoms with Crippen molar-refractivity contribution in [3.63, 3.8) is 0 Å². The summed E-state index contributed by atoms with van der Waals surface area (Å²) in [6.07, 6.45) is 2.33. The molecule has 0 spiro atoms. The second-order valence-electron chi connectivity index (χ2n) is 3.30. The predicted octanol–water partition coefficient (Wildman–Crippen LogP) is 1.01. The minimum absolute atomic E-state index is 0.0825. The Balaban J connectivity index is 2.61. The number of carbonyl (C=O) groups is 1. The van der Waals surface area contributed by atoms with E-state index in [-0.39, 0.29) is 5.91 Å². The van der Waals surface area contributed by atoms with E-state index < -0.39 is 0 Å². The molecule has 0 aliphatic rings. The number of hydrogen-bond acceptors (Lipinski definition) is 3. The molecule has 0 aliphatic carbocycles. The summed E-state index contributed by atoms with van der Waals surface area (Å²) in [6, 6.07) is 1.78. The molecule has 4 heteroatoms. The highest BCUT2D eigenvalue weighted by molar-refractivity contribution is 5.92. The minimum atomic E-state index is -0.0825. The first kappa shape index (κ1) is 10.8. The maximum Gasteiger partial charge on any atom is 0.289 e. The zero-order valence-electron chi connectivity index (χ0n) is 8.62. The number of hydrogen-bond donors (Lipinski definition) is 1. The Morgan fingerprint density at radius 3 is 2.86 bits per heavy atom. The van der Waals surface area contributed by atoms with Gasteiger partial charge in [0.25, 0.3) is 5.91 Å². The van der Waals surface area contributed by atoms with Crippen LogP contribution in [0.2, 0.25) is 0 Å². The Hall–Kier alpha value is -1.29. The largest absolute Gasteiger partial charge is 0.459 e. The fraction of sp³-hybridized carbons (Fsp3) is 0.500. The zero-order chi connectivity index (χ0) is 10.6. The summed E-state index contributed by atoms with van der Waals surface area (Å²) in [5, 5.41) is 0. The number of carbonyl (C=O) groups excluding carboxylic acids is 1. The first-order valence-corrected chi connectivity index (χ1v) is 4.66. The first-order valence-electron chi connectivity index (χ1n) is 4.66. The van der Waals surface area contributed by atoms with Gasteiger partial charge in [-0.1, -0.05) is 0 Å². The summed E-state index contributed by atoms with van der Waals surface area (Å²) >= 11 is 0. The second-order valence-corrected chi connectivity index (χ2v) is 3.30. The first-order chi connectivity index (χ1) is 6.66. The van der Waals surface area contributed by atoms with Gasteiger partial charge in [0.15, 0.2) is 5.76 Å². The third kappa shape index (κ3) is 2.35. The van der Waals surface area contributed by atoms with Crippen molar-refractivity contribution >= 4 is 5.91 Å². The average Bonchev–Trinajstić information content (AvgIpc) is 2.59. The molecule has 0 unspecified atom stereocenters. The van der Waals surface area contributed by atoms with Gasteiger partial charge in [0, 0.05) is 19.2 Å². The lowest BCUT2D eigenvalue weighted by Crippen LogP contribution is -2.29. The standard InChI is InChI=1S/C10H16N2O2/c1-8-4-7-14-9(8)10(13)12(2)6-3-5-11/h4,7H,3,5-6,11H2,1-2H3. The monoisotopic (exact) mass is 196 g/mol. The van der Waals surface area contributed by atoms with Gasteiger partial charge in [-0.15, -0.1) is 0 Å². The van der Waals surface area contributed by atoms with Gasteiger partial charge < -0.3 is 15.1 Å². The average molecular weight is 196 g/mol. The van der Waals surface area contributed by atoms with Crippen LogP contribution in [0.1, 0.15) is 22.5 Å². The van der Waals surface area contributed by atoms with Gasteiger partial charge in [-0.3, -0.25) is 4.79 Å². The van der Waals surface area contributed by atoms with E-state index in [0.717, 1.165) is 12.0 Å². The number of nitrogens with two attached hydrogens (primary N) is 1. The van der Waals surface area contributed by atoms with Crippen molar-refractivity contribution in [2.75, 3.05) is 20.1 Å². The van der Waals surface area contributed by atoms with Gasteiger partial charge in [0.05, 0.1) is 6.26 Å². The topological polar surface area (TPSA) is 59.5 Å². The molecule has 78 valence electrons. The van der Waals surface area contributed by atoms with Gasteiger partial charge in [-0.05, 0) is 26.0 Å². The summed E-state index contributed by atoms with van der Waals surface area (Å²) in [5.74, 6) is 0.338. The highest BCUT2D eigenvalue weighted by Gasteiger charge is 2.16. The molecule has 0 radical (unpaired) electrons. The molecule has 1 rings (SSSR count). The lowest BCUT2D eigenvalue weighted by Gasteiger charge is -2.15. The van der Waals surface area contributed by atoms with Crippen molar-refractivity contribution in [2.45, 2.75) is 13.3 Å². The Morgan fingerprint density at radius 1 is 1.64 bits per heavy atom.